The maximum atomic E-state index is 12.1. The van der Waals surface area contributed by atoms with Gasteiger partial charge in [-0.1, -0.05) is 41.9 Å². The third-order valence-electron chi connectivity index (χ3n) is 2.84. The largest absolute Gasteiger partial charge is 0.467 e. The monoisotopic (exact) mass is 327 g/mol. The SMILES string of the molecule is COC(=O)[C@@H](c1ccc(Br)cc1)N(C)C(=O)C(C)C. The van der Waals surface area contributed by atoms with Crippen molar-refractivity contribution in [3.63, 3.8) is 0 Å². The molecule has 5 heteroatoms. The minimum atomic E-state index is -0.715. The molecule has 0 aliphatic heterocycles. The Balaban J connectivity index is 3.11. The van der Waals surface area contributed by atoms with E-state index >= 15 is 0 Å². The van der Waals surface area contributed by atoms with Crippen molar-refractivity contribution in [3.05, 3.63) is 34.3 Å². The molecule has 0 saturated heterocycles. The molecule has 0 bridgehead atoms. The fourth-order valence-corrected chi connectivity index (χ4v) is 2.07. The van der Waals surface area contributed by atoms with Crippen molar-refractivity contribution in [3.8, 4) is 0 Å². The number of amides is 1. The van der Waals surface area contributed by atoms with E-state index in [1.807, 2.05) is 12.1 Å². The Morgan fingerprint density at radius 2 is 1.74 bits per heavy atom. The van der Waals surface area contributed by atoms with Crippen LogP contribution in [0.3, 0.4) is 0 Å². The van der Waals surface area contributed by atoms with E-state index in [1.54, 1.807) is 33.0 Å². The van der Waals surface area contributed by atoms with Gasteiger partial charge in [0.15, 0.2) is 6.04 Å². The third-order valence-corrected chi connectivity index (χ3v) is 3.37. The van der Waals surface area contributed by atoms with E-state index in [9.17, 15) is 9.59 Å². The summed E-state index contributed by atoms with van der Waals surface area (Å²) in [5.41, 5.74) is 0.728. The van der Waals surface area contributed by atoms with Crippen LogP contribution < -0.4 is 0 Å². The molecule has 0 spiro atoms. The summed E-state index contributed by atoms with van der Waals surface area (Å²) >= 11 is 3.34. The summed E-state index contributed by atoms with van der Waals surface area (Å²) in [7, 11) is 2.94. The molecule has 0 radical (unpaired) electrons. The molecule has 0 aliphatic carbocycles. The van der Waals surface area contributed by atoms with Gasteiger partial charge in [0.05, 0.1) is 7.11 Å². The lowest BCUT2D eigenvalue weighted by atomic mass is 10.0. The maximum absolute atomic E-state index is 12.1. The number of likely N-dealkylation sites (N-methyl/N-ethyl adjacent to an activating group) is 1. The van der Waals surface area contributed by atoms with Crippen molar-refractivity contribution in [1.82, 2.24) is 4.90 Å². The van der Waals surface area contributed by atoms with Crippen molar-refractivity contribution in [2.75, 3.05) is 14.2 Å². The molecule has 1 amide bonds. The Morgan fingerprint density at radius 3 is 2.16 bits per heavy atom. The molecule has 19 heavy (non-hydrogen) atoms. The molecule has 1 atom stereocenters. The molecule has 0 unspecified atom stereocenters. The van der Waals surface area contributed by atoms with E-state index in [1.165, 1.54) is 12.0 Å². The van der Waals surface area contributed by atoms with Gasteiger partial charge in [-0.3, -0.25) is 4.79 Å². The zero-order valence-electron chi connectivity index (χ0n) is 11.5. The lowest BCUT2D eigenvalue weighted by molar-refractivity contribution is -0.153. The first-order valence-electron chi connectivity index (χ1n) is 5.98. The van der Waals surface area contributed by atoms with Gasteiger partial charge < -0.3 is 9.64 Å². The second-order valence-corrected chi connectivity index (χ2v) is 5.50. The summed E-state index contributed by atoms with van der Waals surface area (Å²) in [6.45, 7) is 3.60. The first-order chi connectivity index (χ1) is 8.88. The van der Waals surface area contributed by atoms with Crippen LogP contribution in [0.4, 0.5) is 0 Å². The second-order valence-electron chi connectivity index (χ2n) is 4.58. The summed E-state index contributed by atoms with van der Waals surface area (Å²) in [5, 5.41) is 0. The average molecular weight is 328 g/mol. The Morgan fingerprint density at radius 1 is 1.21 bits per heavy atom. The summed E-state index contributed by atoms with van der Waals surface area (Å²) in [6, 6.07) is 6.55. The molecule has 0 heterocycles. The fraction of sp³-hybridized carbons (Fsp3) is 0.429. The highest BCUT2D eigenvalue weighted by Gasteiger charge is 2.30. The van der Waals surface area contributed by atoms with Crippen LogP contribution in [0.1, 0.15) is 25.5 Å². The van der Waals surface area contributed by atoms with Crippen LogP contribution in [0.25, 0.3) is 0 Å². The van der Waals surface area contributed by atoms with Gasteiger partial charge in [0, 0.05) is 17.4 Å². The van der Waals surface area contributed by atoms with Gasteiger partial charge in [-0.05, 0) is 17.7 Å². The van der Waals surface area contributed by atoms with Crippen LogP contribution in [0.15, 0.2) is 28.7 Å². The Hall–Kier alpha value is -1.36. The maximum Gasteiger partial charge on any atom is 0.333 e. The molecule has 1 aromatic rings. The van der Waals surface area contributed by atoms with Gasteiger partial charge >= 0.3 is 5.97 Å². The first-order valence-corrected chi connectivity index (χ1v) is 6.77. The lowest BCUT2D eigenvalue weighted by Crippen LogP contribution is -2.38. The molecular formula is C14H18BrNO3. The first kappa shape index (κ1) is 15.7. The molecule has 104 valence electrons. The Kier molecular flexibility index (Phi) is 5.54. The van der Waals surface area contributed by atoms with Crippen molar-refractivity contribution in [1.29, 1.82) is 0 Å². The quantitative estimate of drug-likeness (QED) is 0.799. The number of esters is 1. The number of rotatable bonds is 4. The number of methoxy groups -OCH3 is 1. The number of hydrogen-bond acceptors (Lipinski definition) is 3. The molecule has 1 aromatic carbocycles. The topological polar surface area (TPSA) is 46.6 Å². The second kappa shape index (κ2) is 6.70. The normalized spacial score (nSPS) is 12.1. The predicted molar refractivity (Wildman–Crippen MR) is 76.5 cm³/mol. The zero-order valence-corrected chi connectivity index (χ0v) is 13.1. The number of benzene rings is 1. The van der Waals surface area contributed by atoms with Gasteiger partial charge in [0.25, 0.3) is 0 Å². The minimum absolute atomic E-state index is 0.0988. The van der Waals surface area contributed by atoms with Gasteiger partial charge in [-0.15, -0.1) is 0 Å². The van der Waals surface area contributed by atoms with Crippen molar-refractivity contribution in [2.24, 2.45) is 5.92 Å². The molecule has 0 N–H and O–H groups in total. The Bertz CT molecular complexity index is 456. The summed E-state index contributed by atoms with van der Waals surface area (Å²) in [4.78, 5) is 25.4. The number of halogens is 1. The molecule has 0 aromatic heterocycles. The highest BCUT2D eigenvalue weighted by Crippen LogP contribution is 2.24. The molecule has 0 fully saturated rings. The molecule has 1 rings (SSSR count). The minimum Gasteiger partial charge on any atom is -0.467 e. The van der Waals surface area contributed by atoms with Gasteiger partial charge in [0.2, 0.25) is 5.91 Å². The molecule has 4 nitrogen and oxygen atoms in total. The molecule has 0 saturated carbocycles. The standard InChI is InChI=1S/C14H18BrNO3/c1-9(2)13(17)16(3)12(14(18)19-4)10-5-7-11(15)8-6-10/h5-9,12H,1-4H3/t12-/m1/s1. The molecule has 0 aliphatic rings. The average Bonchev–Trinajstić information content (AvgIpc) is 2.39. The van der Waals surface area contributed by atoms with Crippen LogP contribution in [0.5, 0.6) is 0 Å². The van der Waals surface area contributed by atoms with Crippen LogP contribution in [0.2, 0.25) is 0 Å². The van der Waals surface area contributed by atoms with Crippen LogP contribution in [-0.4, -0.2) is 30.9 Å². The number of hydrogen-bond donors (Lipinski definition) is 0. The van der Waals surface area contributed by atoms with Crippen molar-refractivity contribution < 1.29 is 14.3 Å². The van der Waals surface area contributed by atoms with E-state index in [0.717, 1.165) is 10.0 Å². The van der Waals surface area contributed by atoms with Crippen molar-refractivity contribution >= 4 is 27.8 Å². The summed E-state index contributed by atoms with van der Waals surface area (Å²) in [6.07, 6.45) is 0. The Labute approximate surface area is 121 Å². The van der Waals surface area contributed by atoms with E-state index in [-0.39, 0.29) is 11.8 Å². The van der Waals surface area contributed by atoms with Crippen LogP contribution in [-0.2, 0) is 14.3 Å². The van der Waals surface area contributed by atoms with Gasteiger partial charge in [-0.25, -0.2) is 4.79 Å². The van der Waals surface area contributed by atoms with Gasteiger partial charge in [0.1, 0.15) is 0 Å². The van der Waals surface area contributed by atoms with E-state index in [2.05, 4.69) is 15.9 Å². The zero-order chi connectivity index (χ0) is 14.6. The summed E-state index contributed by atoms with van der Waals surface area (Å²) in [5.74, 6) is -0.718. The van der Waals surface area contributed by atoms with Crippen LogP contribution >= 0.6 is 15.9 Å². The van der Waals surface area contributed by atoms with Crippen LogP contribution in [0, 0.1) is 5.92 Å². The third kappa shape index (κ3) is 3.80. The highest BCUT2D eigenvalue weighted by atomic mass is 79.9. The fourth-order valence-electron chi connectivity index (χ4n) is 1.81. The van der Waals surface area contributed by atoms with E-state index in [0.29, 0.717) is 0 Å². The number of nitrogens with zero attached hydrogens (tertiary/aromatic N) is 1. The smallest absolute Gasteiger partial charge is 0.333 e. The highest BCUT2D eigenvalue weighted by molar-refractivity contribution is 9.10. The number of carbonyl (C=O) groups excluding carboxylic acids is 2. The molecular weight excluding hydrogens is 310 g/mol. The number of carbonyl (C=O) groups is 2. The summed E-state index contributed by atoms with van der Waals surface area (Å²) < 4.78 is 5.72. The van der Waals surface area contributed by atoms with E-state index < -0.39 is 12.0 Å². The van der Waals surface area contributed by atoms with Crippen molar-refractivity contribution in [2.45, 2.75) is 19.9 Å². The van der Waals surface area contributed by atoms with E-state index in [4.69, 9.17) is 4.74 Å². The lowest BCUT2D eigenvalue weighted by Gasteiger charge is -2.27. The predicted octanol–water partition coefficient (Wildman–Crippen LogP) is 2.78. The van der Waals surface area contributed by atoms with Gasteiger partial charge in [-0.2, -0.15) is 0 Å². The number of ether oxygens (including phenoxy) is 1.